The summed E-state index contributed by atoms with van der Waals surface area (Å²) in [7, 11) is 0. The van der Waals surface area contributed by atoms with Crippen molar-refractivity contribution in [1.29, 1.82) is 0 Å². The van der Waals surface area contributed by atoms with Gasteiger partial charge >= 0.3 is 0 Å². The van der Waals surface area contributed by atoms with E-state index < -0.39 is 0 Å². The molecule has 1 unspecified atom stereocenters. The maximum Gasteiger partial charge on any atom is 0.221 e. The third-order valence-electron chi connectivity index (χ3n) is 2.68. The summed E-state index contributed by atoms with van der Waals surface area (Å²) in [6, 6.07) is 0.369. The summed E-state index contributed by atoms with van der Waals surface area (Å²) >= 11 is 5.45. The van der Waals surface area contributed by atoms with Gasteiger partial charge in [-0.1, -0.05) is 13.8 Å². The van der Waals surface area contributed by atoms with Crippen LogP contribution in [0.5, 0.6) is 0 Å². The fourth-order valence-corrected chi connectivity index (χ4v) is 1.66. The van der Waals surface area contributed by atoms with Gasteiger partial charge in [-0.3, -0.25) is 4.79 Å². The van der Waals surface area contributed by atoms with E-state index >= 15 is 0 Å². The molecule has 12 heavy (non-hydrogen) atoms. The predicted molar refractivity (Wildman–Crippen MR) is 50.3 cm³/mol. The first-order chi connectivity index (χ1) is 5.56. The zero-order valence-corrected chi connectivity index (χ0v) is 8.45. The van der Waals surface area contributed by atoms with E-state index in [-0.39, 0.29) is 5.91 Å². The molecule has 1 fully saturated rings. The molecule has 1 atom stereocenters. The fourth-order valence-electron chi connectivity index (χ4n) is 1.49. The second-order valence-electron chi connectivity index (χ2n) is 4.09. The molecule has 0 aliphatic heterocycles. The molecule has 0 heterocycles. The van der Waals surface area contributed by atoms with E-state index in [1.807, 2.05) is 0 Å². The minimum Gasteiger partial charge on any atom is -0.353 e. The number of amides is 1. The van der Waals surface area contributed by atoms with Crippen LogP contribution in [-0.4, -0.2) is 17.8 Å². The van der Waals surface area contributed by atoms with E-state index in [9.17, 15) is 4.79 Å². The minimum absolute atomic E-state index is 0.0859. The Morgan fingerprint density at radius 1 is 1.67 bits per heavy atom. The normalized spacial score (nSPS) is 26.1. The van der Waals surface area contributed by atoms with E-state index in [0.717, 1.165) is 6.42 Å². The van der Waals surface area contributed by atoms with Gasteiger partial charge in [0.15, 0.2) is 0 Å². The van der Waals surface area contributed by atoms with Crippen LogP contribution in [0.2, 0.25) is 0 Å². The summed E-state index contributed by atoms with van der Waals surface area (Å²) in [5.41, 5.74) is 0.294. The maximum atomic E-state index is 11.1. The van der Waals surface area contributed by atoms with Crippen molar-refractivity contribution in [3.8, 4) is 0 Å². The van der Waals surface area contributed by atoms with Gasteiger partial charge in [0.25, 0.3) is 0 Å². The zero-order valence-electron chi connectivity index (χ0n) is 7.69. The molecule has 3 heteroatoms. The molecule has 0 spiro atoms. The lowest BCUT2D eigenvalue weighted by molar-refractivity contribution is -0.123. The molecule has 0 saturated heterocycles. The van der Waals surface area contributed by atoms with Gasteiger partial charge in [-0.15, -0.1) is 11.6 Å². The molecule has 0 bridgehead atoms. The standard InChI is InChI=1S/C9H16ClNO/c1-9(2)5-3-7(9)11-8(12)4-6-10/h7H,3-6H2,1-2H3,(H,11,12). The van der Waals surface area contributed by atoms with Crippen LogP contribution in [0.1, 0.15) is 33.1 Å². The molecule has 0 aromatic rings. The highest BCUT2D eigenvalue weighted by atomic mass is 35.5. The van der Waals surface area contributed by atoms with Crippen LogP contribution < -0.4 is 5.32 Å². The van der Waals surface area contributed by atoms with E-state index in [1.54, 1.807) is 0 Å². The first-order valence-electron chi connectivity index (χ1n) is 4.41. The lowest BCUT2D eigenvalue weighted by Crippen LogP contribution is -2.52. The third-order valence-corrected chi connectivity index (χ3v) is 2.87. The van der Waals surface area contributed by atoms with Crippen LogP contribution >= 0.6 is 11.6 Å². The Bertz CT molecular complexity index is 179. The molecule has 2 nitrogen and oxygen atoms in total. The summed E-state index contributed by atoms with van der Waals surface area (Å²) in [5.74, 6) is 0.502. The Kier molecular flexibility index (Phi) is 2.99. The van der Waals surface area contributed by atoms with Gasteiger partial charge in [0.05, 0.1) is 0 Å². The van der Waals surface area contributed by atoms with E-state index in [4.69, 9.17) is 11.6 Å². The minimum atomic E-state index is 0.0859. The summed E-state index contributed by atoms with van der Waals surface area (Å²) < 4.78 is 0. The molecule has 1 rings (SSSR count). The van der Waals surface area contributed by atoms with E-state index in [2.05, 4.69) is 19.2 Å². The Hall–Kier alpha value is -0.240. The number of carbonyl (C=O) groups excluding carboxylic acids is 1. The SMILES string of the molecule is CC1(C)CCC1NC(=O)CCCl. The Morgan fingerprint density at radius 2 is 2.33 bits per heavy atom. The second kappa shape index (κ2) is 3.65. The number of alkyl halides is 1. The van der Waals surface area contributed by atoms with Crippen molar-refractivity contribution < 1.29 is 4.79 Å². The molecule has 0 aromatic heterocycles. The first kappa shape index (κ1) is 9.85. The largest absolute Gasteiger partial charge is 0.353 e. The van der Waals surface area contributed by atoms with Gasteiger partial charge in [0.2, 0.25) is 5.91 Å². The fraction of sp³-hybridized carbons (Fsp3) is 0.889. The summed E-state index contributed by atoms with van der Waals surface area (Å²) in [6.45, 7) is 4.37. The van der Waals surface area contributed by atoms with Crippen molar-refractivity contribution in [2.24, 2.45) is 5.41 Å². The molecule has 1 saturated carbocycles. The highest BCUT2D eigenvalue weighted by molar-refractivity contribution is 6.18. The Balaban J connectivity index is 2.28. The average Bonchev–Trinajstić information content (AvgIpc) is 1.99. The quantitative estimate of drug-likeness (QED) is 0.676. The number of nitrogens with one attached hydrogen (secondary N) is 1. The van der Waals surface area contributed by atoms with Crippen LogP contribution in [0.4, 0.5) is 0 Å². The van der Waals surface area contributed by atoms with Crippen molar-refractivity contribution in [3.63, 3.8) is 0 Å². The molecule has 70 valence electrons. The summed E-state index contributed by atoms with van der Waals surface area (Å²) in [4.78, 5) is 11.1. The van der Waals surface area contributed by atoms with Crippen LogP contribution in [0.25, 0.3) is 0 Å². The molecule has 1 aliphatic carbocycles. The average molecular weight is 190 g/mol. The Morgan fingerprint density at radius 3 is 2.67 bits per heavy atom. The van der Waals surface area contributed by atoms with Crippen LogP contribution in [0.3, 0.4) is 0 Å². The lowest BCUT2D eigenvalue weighted by atomic mass is 9.67. The van der Waals surface area contributed by atoms with Crippen LogP contribution in [0, 0.1) is 5.41 Å². The van der Waals surface area contributed by atoms with Gasteiger partial charge < -0.3 is 5.32 Å². The number of hydrogen-bond donors (Lipinski definition) is 1. The summed E-state index contributed by atoms with van der Waals surface area (Å²) in [5, 5.41) is 2.98. The van der Waals surface area contributed by atoms with Gasteiger partial charge in [0.1, 0.15) is 0 Å². The number of halogens is 1. The molecule has 0 radical (unpaired) electrons. The van der Waals surface area contributed by atoms with Crippen LogP contribution in [0.15, 0.2) is 0 Å². The van der Waals surface area contributed by atoms with Crippen molar-refractivity contribution in [2.45, 2.75) is 39.2 Å². The van der Waals surface area contributed by atoms with Gasteiger partial charge in [-0.2, -0.15) is 0 Å². The van der Waals surface area contributed by atoms with E-state index in [0.29, 0.717) is 23.8 Å². The Labute approximate surface area is 78.7 Å². The highest BCUT2D eigenvalue weighted by Crippen LogP contribution is 2.39. The van der Waals surface area contributed by atoms with Crippen molar-refractivity contribution in [1.82, 2.24) is 5.32 Å². The monoisotopic (exact) mass is 189 g/mol. The predicted octanol–water partition coefficient (Wildman–Crippen LogP) is 1.92. The number of rotatable bonds is 3. The van der Waals surface area contributed by atoms with E-state index in [1.165, 1.54) is 6.42 Å². The smallest absolute Gasteiger partial charge is 0.221 e. The molecular weight excluding hydrogens is 174 g/mol. The highest BCUT2D eigenvalue weighted by Gasteiger charge is 2.38. The van der Waals surface area contributed by atoms with Crippen molar-refractivity contribution in [2.75, 3.05) is 5.88 Å². The van der Waals surface area contributed by atoms with Gasteiger partial charge in [-0.05, 0) is 18.3 Å². The lowest BCUT2D eigenvalue weighted by Gasteiger charge is -2.44. The van der Waals surface area contributed by atoms with Gasteiger partial charge in [-0.25, -0.2) is 0 Å². The van der Waals surface area contributed by atoms with Crippen molar-refractivity contribution >= 4 is 17.5 Å². The van der Waals surface area contributed by atoms with Gasteiger partial charge in [0, 0.05) is 18.3 Å². The number of hydrogen-bond acceptors (Lipinski definition) is 1. The zero-order chi connectivity index (χ0) is 9.19. The first-order valence-corrected chi connectivity index (χ1v) is 4.95. The number of carbonyl (C=O) groups is 1. The molecule has 0 aromatic carbocycles. The van der Waals surface area contributed by atoms with Crippen molar-refractivity contribution in [3.05, 3.63) is 0 Å². The van der Waals surface area contributed by atoms with Crippen LogP contribution in [-0.2, 0) is 4.79 Å². The second-order valence-corrected chi connectivity index (χ2v) is 4.46. The molecule has 1 amide bonds. The topological polar surface area (TPSA) is 29.1 Å². The molecule has 1 N–H and O–H groups in total. The summed E-state index contributed by atoms with van der Waals surface area (Å²) in [6.07, 6.45) is 2.76. The third kappa shape index (κ3) is 2.13. The molecular formula is C9H16ClNO. The molecule has 1 aliphatic rings. The maximum absolute atomic E-state index is 11.1.